The van der Waals surface area contributed by atoms with Crippen molar-refractivity contribution in [3.8, 4) is 0 Å². The zero-order valence-electron chi connectivity index (χ0n) is 14.4. The molecule has 0 fully saturated rings. The maximum atomic E-state index is 9.46. The number of hydrogen-bond donors (Lipinski definition) is 0. The van der Waals surface area contributed by atoms with Crippen LogP contribution in [-0.4, -0.2) is 19.8 Å². The summed E-state index contributed by atoms with van der Waals surface area (Å²) in [5, 5.41) is 28.4. The van der Waals surface area contributed by atoms with E-state index in [9.17, 15) is 15.3 Å². The number of hydrogen-bond acceptors (Lipinski definition) is 3. The molecule has 0 radical (unpaired) electrons. The zero-order chi connectivity index (χ0) is 18.3. The van der Waals surface area contributed by atoms with Gasteiger partial charge in [-0.15, -0.1) is 39.6 Å². The third kappa shape index (κ3) is 26.6. The summed E-state index contributed by atoms with van der Waals surface area (Å²) in [6.07, 6.45) is 13.7. The molecule has 1 rings (SSSR count). The molecule has 0 atom stereocenters. The van der Waals surface area contributed by atoms with Crippen LogP contribution in [-0.2, 0) is 24.4 Å². The Morgan fingerprint density at radius 1 is 0.957 bits per heavy atom. The maximum absolute atomic E-state index is 9.46. The van der Waals surface area contributed by atoms with Crippen molar-refractivity contribution < 1.29 is 39.7 Å². The van der Waals surface area contributed by atoms with E-state index in [4.69, 9.17) is 0 Å². The molecule has 0 amide bonds. The molecule has 0 aromatic heterocycles. The fraction of sp³-hybridized carbons (Fsp3) is 0.474. The topological polar surface area (TPSA) is 69.2 Å². The fourth-order valence-electron chi connectivity index (χ4n) is 1.13. The predicted molar refractivity (Wildman–Crippen MR) is 90.1 cm³/mol. The molecule has 0 saturated heterocycles. The van der Waals surface area contributed by atoms with E-state index in [1.54, 1.807) is 27.1 Å². The average Bonchev–Trinajstić information content (AvgIpc) is 2.97. The second kappa shape index (κ2) is 26.4. The second-order valence-corrected chi connectivity index (χ2v) is 6.48. The molecule has 0 bridgehead atoms. The van der Waals surface area contributed by atoms with Crippen molar-refractivity contribution >= 4 is 0 Å². The minimum absolute atomic E-state index is 0.0243. The van der Waals surface area contributed by atoms with Gasteiger partial charge in [-0.25, -0.2) is 0 Å². The van der Waals surface area contributed by atoms with Crippen LogP contribution in [0, 0.1) is 0 Å². The van der Waals surface area contributed by atoms with E-state index >= 15 is 0 Å². The van der Waals surface area contributed by atoms with Crippen molar-refractivity contribution in [1.82, 2.24) is 0 Å². The first-order valence-electron chi connectivity index (χ1n) is 7.76. The van der Waals surface area contributed by atoms with Crippen LogP contribution >= 0.6 is 0 Å². The summed E-state index contributed by atoms with van der Waals surface area (Å²) in [6.45, 7) is 12.2. The van der Waals surface area contributed by atoms with Crippen LogP contribution in [0.1, 0.15) is 39.0 Å². The van der Waals surface area contributed by atoms with E-state index in [0.717, 1.165) is 0 Å². The summed E-state index contributed by atoms with van der Waals surface area (Å²) in [7, 11) is 0. The molecule has 0 heterocycles. The van der Waals surface area contributed by atoms with Gasteiger partial charge in [0, 0.05) is 0 Å². The van der Waals surface area contributed by atoms with Crippen molar-refractivity contribution in [2.45, 2.75) is 39.0 Å². The monoisotopic (exact) mass is 486 g/mol. The third-order valence-electron chi connectivity index (χ3n) is 2.38. The standard InChI is InChI=1S/C7H9.3C4H7O.Hf/c1-2-7-5-3-4-6-7;3*1-2-3-4-5;/h3,5H,2,4H2,1H3;3*2H,1,3-4H2;/q;3*-1;+3. The van der Waals surface area contributed by atoms with E-state index in [0.29, 0.717) is 19.3 Å². The first-order valence-corrected chi connectivity index (χ1v) is 9.56. The van der Waals surface area contributed by atoms with Gasteiger partial charge in [-0.2, -0.15) is 0 Å². The Morgan fingerprint density at radius 2 is 1.35 bits per heavy atom. The molecule has 3 nitrogen and oxygen atoms in total. The summed E-state index contributed by atoms with van der Waals surface area (Å²) in [4.78, 5) is 0. The van der Waals surface area contributed by atoms with Crippen LogP contribution in [0.3, 0.4) is 0 Å². The number of allylic oxidation sites excluding steroid dienone is 4. The van der Waals surface area contributed by atoms with E-state index < -0.39 is 0 Å². The average molecular weight is 485 g/mol. The Balaban J connectivity index is -0.000000240. The molecule has 1 aliphatic carbocycles. The van der Waals surface area contributed by atoms with Crippen molar-refractivity contribution in [2.24, 2.45) is 0 Å². The van der Waals surface area contributed by atoms with Crippen LogP contribution in [0.2, 0.25) is 0 Å². The van der Waals surface area contributed by atoms with Crippen LogP contribution in [0.25, 0.3) is 0 Å². The summed E-state index contributed by atoms with van der Waals surface area (Å²) in [5.41, 5.74) is 1.59. The Kier molecular flexibility index (Phi) is 31.3. The fourth-order valence-corrected chi connectivity index (χ4v) is 2.49. The predicted octanol–water partition coefficient (Wildman–Crippen LogP) is 1.93. The molecule has 0 N–H and O–H groups in total. The number of rotatable bonds is 7. The van der Waals surface area contributed by atoms with Gasteiger partial charge in [-0.05, 0) is 0 Å². The van der Waals surface area contributed by atoms with Crippen molar-refractivity contribution in [3.63, 3.8) is 0 Å². The Bertz CT molecular complexity index is 310. The molecule has 0 spiro atoms. The third-order valence-corrected chi connectivity index (χ3v) is 4.26. The van der Waals surface area contributed by atoms with Crippen molar-refractivity contribution in [2.75, 3.05) is 19.8 Å². The molecule has 0 aliphatic heterocycles. The Morgan fingerprint density at radius 3 is 1.43 bits per heavy atom. The molecule has 1 aliphatic rings. The quantitative estimate of drug-likeness (QED) is 0.409. The molecular weight excluding hydrogens is 455 g/mol. The van der Waals surface area contributed by atoms with Crippen molar-refractivity contribution in [1.29, 1.82) is 0 Å². The molecule has 128 valence electrons. The Labute approximate surface area is 157 Å². The van der Waals surface area contributed by atoms with Gasteiger partial charge in [0.15, 0.2) is 0 Å². The summed E-state index contributed by atoms with van der Waals surface area (Å²) >= 11 is 1.26. The Hall–Kier alpha value is -0.550. The van der Waals surface area contributed by atoms with E-state index in [1.165, 1.54) is 37.2 Å². The van der Waals surface area contributed by atoms with Crippen molar-refractivity contribution in [3.05, 3.63) is 59.0 Å². The summed E-state index contributed by atoms with van der Waals surface area (Å²) in [6, 6.07) is 0. The molecule has 0 unspecified atom stereocenters. The summed E-state index contributed by atoms with van der Waals surface area (Å²) in [5.74, 6) is 0. The van der Waals surface area contributed by atoms with Crippen LogP contribution in [0.5, 0.6) is 0 Å². The van der Waals surface area contributed by atoms with Crippen LogP contribution in [0.15, 0.2) is 59.0 Å². The second-order valence-electron chi connectivity index (χ2n) is 4.31. The van der Waals surface area contributed by atoms with Gasteiger partial charge in [0.2, 0.25) is 0 Å². The van der Waals surface area contributed by atoms with Gasteiger partial charge < -0.3 is 15.3 Å². The molecular formula is C19H30HfO3. The van der Waals surface area contributed by atoms with Gasteiger partial charge in [0.05, 0.1) is 0 Å². The minimum atomic E-state index is -0.0243. The molecule has 4 heteroatoms. The van der Waals surface area contributed by atoms with Gasteiger partial charge in [0.1, 0.15) is 0 Å². The van der Waals surface area contributed by atoms with Gasteiger partial charge in [-0.3, -0.25) is 0 Å². The van der Waals surface area contributed by atoms with Gasteiger partial charge in [-0.1, -0.05) is 37.5 Å². The normalized spacial score (nSPS) is 11.2. The molecule has 0 aromatic rings. The van der Waals surface area contributed by atoms with Gasteiger partial charge in [0.25, 0.3) is 0 Å². The molecule has 23 heavy (non-hydrogen) atoms. The summed E-state index contributed by atoms with van der Waals surface area (Å²) < 4.78 is 1.69. The molecule has 0 saturated carbocycles. The first kappa shape index (κ1) is 27.3. The van der Waals surface area contributed by atoms with Crippen LogP contribution in [0.4, 0.5) is 0 Å². The molecule has 0 aromatic carbocycles. The van der Waals surface area contributed by atoms with E-state index in [2.05, 4.69) is 38.8 Å². The zero-order valence-corrected chi connectivity index (χ0v) is 18.0. The first-order chi connectivity index (χ1) is 11.1. The van der Waals surface area contributed by atoms with Gasteiger partial charge >= 0.3 is 65.2 Å². The van der Waals surface area contributed by atoms with E-state index in [-0.39, 0.29) is 19.8 Å². The SMILES string of the molecule is C=CCC[O-].C=CCC[O-].C=CCC[O-].CCC1=[C]([Hf+3])CC=C1. The van der Waals surface area contributed by atoms with E-state index in [1.807, 2.05) is 0 Å². The van der Waals surface area contributed by atoms with Crippen LogP contribution < -0.4 is 15.3 Å².